The summed E-state index contributed by atoms with van der Waals surface area (Å²) in [4.78, 5) is 17.6. The van der Waals surface area contributed by atoms with E-state index in [2.05, 4.69) is 30.5 Å². The Bertz CT molecular complexity index is 1180. The predicted octanol–water partition coefficient (Wildman–Crippen LogP) is 3.05. The molecule has 3 atom stereocenters. The van der Waals surface area contributed by atoms with Gasteiger partial charge >= 0.3 is 0 Å². The van der Waals surface area contributed by atoms with E-state index in [1.165, 1.54) is 19.8 Å². The summed E-state index contributed by atoms with van der Waals surface area (Å²) in [6.45, 7) is 4.82. The molecule has 1 aromatic heterocycles. The molecule has 1 amide bonds. The molecule has 10 nitrogen and oxygen atoms in total. The number of carbonyl (C=O) groups is 1. The van der Waals surface area contributed by atoms with Gasteiger partial charge in [0, 0.05) is 45.0 Å². The Hall–Kier alpha value is -2.92. The summed E-state index contributed by atoms with van der Waals surface area (Å²) < 4.78 is 27.6. The monoisotopic (exact) mass is 555 g/mol. The number of rotatable bonds is 12. The van der Waals surface area contributed by atoms with Crippen LogP contribution in [-0.2, 0) is 27.1 Å². The standard InChI is InChI=1S/C30H41N3O7/c1-18(2)10-20-11-21-23(14-30(8-5-9-30)40-28(21)32-15-20)31-16-24(34)22(33-27(35)29(36-3)37-4)12-19-6-7-25-26(13-19)39-17-38-25/h6-7,11,13,15,18,22-24,29,31,34H,5,8-10,12,14,16-17H2,1-4H3,(H,33,35)/t22?,23-,24+/m0/s1. The van der Waals surface area contributed by atoms with Gasteiger partial charge in [0.1, 0.15) is 5.60 Å². The van der Waals surface area contributed by atoms with Crippen molar-refractivity contribution in [3.63, 3.8) is 0 Å². The first-order valence-electron chi connectivity index (χ1n) is 14.1. The summed E-state index contributed by atoms with van der Waals surface area (Å²) in [7, 11) is 2.80. The van der Waals surface area contributed by atoms with Gasteiger partial charge in [-0.05, 0) is 67.3 Å². The van der Waals surface area contributed by atoms with E-state index in [-0.39, 0.29) is 25.0 Å². The van der Waals surface area contributed by atoms with E-state index in [1.807, 2.05) is 24.4 Å². The van der Waals surface area contributed by atoms with Crippen molar-refractivity contribution in [1.82, 2.24) is 15.6 Å². The van der Waals surface area contributed by atoms with Crippen LogP contribution in [0.2, 0.25) is 0 Å². The quantitative estimate of drug-likeness (QED) is 0.340. The summed E-state index contributed by atoms with van der Waals surface area (Å²) in [6.07, 6.45) is 5.20. The number of fused-ring (bicyclic) bond motifs is 2. The molecule has 1 saturated carbocycles. The van der Waals surface area contributed by atoms with Crippen LogP contribution in [0.1, 0.15) is 62.3 Å². The minimum Gasteiger partial charge on any atom is -0.471 e. The minimum absolute atomic E-state index is 0.0223. The number of hydrogen-bond acceptors (Lipinski definition) is 9. The second-order valence-electron chi connectivity index (χ2n) is 11.5. The third-order valence-corrected chi connectivity index (χ3v) is 8.01. The number of aliphatic hydroxyl groups is 1. The molecule has 218 valence electrons. The van der Waals surface area contributed by atoms with Gasteiger partial charge in [0.15, 0.2) is 11.5 Å². The van der Waals surface area contributed by atoms with Crippen molar-refractivity contribution >= 4 is 5.91 Å². The second-order valence-corrected chi connectivity index (χ2v) is 11.5. The number of nitrogens with one attached hydrogen (secondary N) is 2. The second kappa shape index (κ2) is 12.3. The molecule has 40 heavy (non-hydrogen) atoms. The van der Waals surface area contributed by atoms with E-state index in [0.29, 0.717) is 29.7 Å². The van der Waals surface area contributed by atoms with Crippen molar-refractivity contribution in [2.24, 2.45) is 5.92 Å². The molecule has 1 spiro atoms. The zero-order valence-electron chi connectivity index (χ0n) is 23.8. The van der Waals surface area contributed by atoms with Crippen LogP contribution in [0, 0.1) is 5.92 Å². The molecule has 5 rings (SSSR count). The van der Waals surface area contributed by atoms with Gasteiger partial charge in [-0.15, -0.1) is 0 Å². The van der Waals surface area contributed by atoms with Gasteiger partial charge in [-0.25, -0.2) is 4.98 Å². The van der Waals surface area contributed by atoms with Gasteiger partial charge in [-0.1, -0.05) is 19.9 Å². The molecule has 3 heterocycles. The Morgan fingerprint density at radius 3 is 2.60 bits per heavy atom. The number of hydrogen-bond donors (Lipinski definition) is 3. The lowest BCUT2D eigenvalue weighted by molar-refractivity contribution is -0.160. The van der Waals surface area contributed by atoms with Gasteiger partial charge in [0.25, 0.3) is 5.91 Å². The maximum Gasteiger partial charge on any atom is 0.277 e. The van der Waals surface area contributed by atoms with E-state index < -0.39 is 24.3 Å². The SMILES string of the molecule is COC(OC)C(=O)NC(Cc1ccc2c(c1)OCO2)[C@H](O)CN[C@H]1CC2(CCC2)Oc2ncc(CC(C)C)cc21. The lowest BCUT2D eigenvalue weighted by atomic mass is 9.73. The number of methoxy groups -OCH3 is 2. The Morgan fingerprint density at radius 2 is 1.90 bits per heavy atom. The van der Waals surface area contributed by atoms with E-state index in [1.54, 1.807) is 0 Å². The van der Waals surface area contributed by atoms with Crippen LogP contribution >= 0.6 is 0 Å². The molecule has 1 aromatic carbocycles. The number of benzene rings is 1. The summed E-state index contributed by atoms with van der Waals surface area (Å²) in [5, 5.41) is 17.9. The number of carbonyl (C=O) groups excluding carboxylic acids is 1. The van der Waals surface area contributed by atoms with E-state index in [9.17, 15) is 9.90 Å². The highest BCUT2D eigenvalue weighted by atomic mass is 16.7. The molecule has 2 aromatic rings. The number of pyridine rings is 1. The normalized spacial score (nSPS) is 20.1. The molecule has 1 unspecified atom stereocenters. The van der Waals surface area contributed by atoms with Crippen LogP contribution < -0.4 is 24.8 Å². The van der Waals surface area contributed by atoms with Crippen LogP contribution in [-0.4, -0.2) is 67.6 Å². The molecule has 0 bridgehead atoms. The van der Waals surface area contributed by atoms with Gasteiger partial charge in [-0.2, -0.15) is 0 Å². The number of nitrogens with zero attached hydrogens (tertiary/aromatic N) is 1. The van der Waals surface area contributed by atoms with Gasteiger partial charge in [-0.3, -0.25) is 4.79 Å². The molecule has 0 radical (unpaired) electrons. The summed E-state index contributed by atoms with van der Waals surface area (Å²) >= 11 is 0. The van der Waals surface area contributed by atoms with Crippen molar-refractivity contribution in [2.45, 2.75) is 82.5 Å². The number of ether oxygens (including phenoxy) is 5. The van der Waals surface area contributed by atoms with Crippen LogP contribution in [0.3, 0.4) is 0 Å². The van der Waals surface area contributed by atoms with Crippen molar-refractivity contribution in [3.8, 4) is 17.4 Å². The van der Waals surface area contributed by atoms with Crippen LogP contribution in [0.5, 0.6) is 17.4 Å². The molecular weight excluding hydrogens is 514 g/mol. The van der Waals surface area contributed by atoms with Crippen molar-refractivity contribution in [2.75, 3.05) is 27.6 Å². The molecule has 3 N–H and O–H groups in total. The smallest absolute Gasteiger partial charge is 0.277 e. The van der Waals surface area contributed by atoms with Gasteiger partial charge in [0.2, 0.25) is 19.0 Å². The van der Waals surface area contributed by atoms with Crippen LogP contribution in [0.4, 0.5) is 0 Å². The third-order valence-electron chi connectivity index (χ3n) is 8.01. The fraction of sp³-hybridized carbons (Fsp3) is 0.600. The Labute approximate surface area is 235 Å². The Morgan fingerprint density at radius 1 is 1.12 bits per heavy atom. The third kappa shape index (κ3) is 6.35. The topological polar surface area (TPSA) is 120 Å². The highest BCUT2D eigenvalue weighted by Crippen LogP contribution is 2.48. The first-order chi connectivity index (χ1) is 19.3. The minimum atomic E-state index is -1.08. The lowest BCUT2D eigenvalue weighted by Gasteiger charge is -2.47. The molecule has 10 heteroatoms. The zero-order valence-corrected chi connectivity index (χ0v) is 23.8. The summed E-state index contributed by atoms with van der Waals surface area (Å²) in [5.41, 5.74) is 2.89. The molecule has 1 fully saturated rings. The van der Waals surface area contributed by atoms with E-state index in [0.717, 1.165) is 43.2 Å². The van der Waals surface area contributed by atoms with E-state index in [4.69, 9.17) is 28.7 Å². The van der Waals surface area contributed by atoms with Gasteiger partial charge in [0.05, 0.1) is 12.1 Å². The maximum atomic E-state index is 12.9. The maximum absolute atomic E-state index is 12.9. The first-order valence-corrected chi connectivity index (χ1v) is 14.1. The van der Waals surface area contributed by atoms with Crippen LogP contribution in [0.15, 0.2) is 30.5 Å². The van der Waals surface area contributed by atoms with Gasteiger partial charge < -0.3 is 39.4 Å². The van der Waals surface area contributed by atoms with Crippen molar-refractivity contribution in [3.05, 3.63) is 47.2 Å². The largest absolute Gasteiger partial charge is 0.471 e. The fourth-order valence-electron chi connectivity index (χ4n) is 5.79. The number of aliphatic hydroxyl groups excluding tert-OH is 1. The lowest BCUT2D eigenvalue weighted by Crippen LogP contribution is -2.53. The fourth-order valence-corrected chi connectivity index (χ4v) is 5.79. The molecule has 1 aliphatic carbocycles. The first kappa shape index (κ1) is 28.6. The molecule has 3 aliphatic rings. The average Bonchev–Trinajstić information content (AvgIpc) is 3.38. The van der Waals surface area contributed by atoms with Crippen LogP contribution in [0.25, 0.3) is 0 Å². The predicted molar refractivity (Wildman–Crippen MR) is 147 cm³/mol. The highest BCUT2D eigenvalue weighted by Gasteiger charge is 2.46. The number of amides is 1. The van der Waals surface area contributed by atoms with Crippen molar-refractivity contribution < 1.29 is 33.6 Å². The zero-order chi connectivity index (χ0) is 28.3. The molecular formula is C30H41N3O7. The molecule has 2 aliphatic heterocycles. The molecule has 0 saturated heterocycles. The number of aromatic nitrogens is 1. The highest BCUT2D eigenvalue weighted by molar-refractivity contribution is 5.79. The Kier molecular flexibility index (Phi) is 8.80. The van der Waals surface area contributed by atoms with Crippen molar-refractivity contribution in [1.29, 1.82) is 0 Å². The summed E-state index contributed by atoms with van der Waals surface area (Å²) in [6, 6.07) is 7.18. The van der Waals surface area contributed by atoms with E-state index >= 15 is 0 Å². The Balaban J connectivity index is 1.33. The summed E-state index contributed by atoms with van der Waals surface area (Å²) in [5.74, 6) is 2.06. The average molecular weight is 556 g/mol.